The lowest BCUT2D eigenvalue weighted by Crippen LogP contribution is -2.30. The zero-order chi connectivity index (χ0) is 46.3. The monoisotopic (exact) mass is 883 g/mol. The van der Waals surface area contributed by atoms with Gasteiger partial charge in [-0.1, -0.05) is 193 Å². The summed E-state index contributed by atoms with van der Waals surface area (Å²) in [6, 6.07) is 0. The van der Waals surface area contributed by atoms with Crippen LogP contribution in [0.1, 0.15) is 201 Å². The van der Waals surface area contributed by atoms with Crippen LogP contribution >= 0.6 is 0 Å². The predicted molar refractivity (Wildman–Crippen MR) is 278 cm³/mol. The van der Waals surface area contributed by atoms with Crippen LogP contribution in [-0.2, 0) is 23.8 Å². The summed E-state index contributed by atoms with van der Waals surface area (Å²) < 4.78 is 17.3. The van der Waals surface area contributed by atoms with Crippen LogP contribution in [0.4, 0.5) is 0 Å². The highest BCUT2D eigenvalue weighted by atomic mass is 16.6. The Kier molecular flexibility index (Phi) is 50.1. The summed E-state index contributed by atoms with van der Waals surface area (Å²) in [5, 5.41) is 0. The highest BCUT2D eigenvalue weighted by Crippen LogP contribution is 2.12. The molecule has 0 aliphatic heterocycles. The van der Waals surface area contributed by atoms with Gasteiger partial charge in [-0.2, -0.15) is 0 Å². The van der Waals surface area contributed by atoms with E-state index in [9.17, 15) is 9.59 Å². The van der Waals surface area contributed by atoms with Crippen molar-refractivity contribution in [1.29, 1.82) is 0 Å². The lowest BCUT2D eigenvalue weighted by molar-refractivity contribution is -0.163. The molecule has 0 aliphatic carbocycles. The molecule has 0 spiro atoms. The van der Waals surface area contributed by atoms with Crippen molar-refractivity contribution in [3.8, 4) is 0 Å². The van der Waals surface area contributed by atoms with Crippen LogP contribution in [0.5, 0.6) is 0 Å². The highest BCUT2D eigenvalue weighted by molar-refractivity contribution is 5.70. The fraction of sp³-hybridized carbons (Fsp3) is 0.593. The molecule has 360 valence electrons. The van der Waals surface area contributed by atoms with Gasteiger partial charge in [0.15, 0.2) is 6.10 Å². The second-order valence-electron chi connectivity index (χ2n) is 16.3. The number of carbonyl (C=O) groups is 2. The first-order chi connectivity index (χ1) is 31.6. The molecule has 5 nitrogen and oxygen atoms in total. The highest BCUT2D eigenvalue weighted by Gasteiger charge is 2.17. The van der Waals surface area contributed by atoms with Gasteiger partial charge in [-0.3, -0.25) is 9.59 Å². The fourth-order valence-electron chi connectivity index (χ4n) is 6.45. The molecule has 0 radical (unpaired) electrons. The van der Waals surface area contributed by atoms with E-state index in [1.165, 1.54) is 19.3 Å². The molecule has 0 aliphatic rings. The van der Waals surface area contributed by atoms with Crippen molar-refractivity contribution in [1.82, 2.24) is 0 Å². The normalized spacial score (nSPS) is 13.4. The van der Waals surface area contributed by atoms with Crippen molar-refractivity contribution in [2.75, 3.05) is 19.8 Å². The number of carbonyl (C=O) groups excluding carboxylic acids is 2. The number of hydrogen-bond donors (Lipinski definition) is 0. The molecule has 1 atom stereocenters. The minimum absolute atomic E-state index is 0.0424. The zero-order valence-electron chi connectivity index (χ0n) is 41.2. The predicted octanol–water partition coefficient (Wildman–Crippen LogP) is 17.6. The molecule has 0 heterocycles. The Bertz CT molecular complexity index is 1370. The summed E-state index contributed by atoms with van der Waals surface area (Å²) in [5.41, 5.74) is 0. The van der Waals surface area contributed by atoms with E-state index in [1.54, 1.807) is 0 Å². The average Bonchev–Trinajstić information content (AvgIpc) is 3.30. The number of ether oxygens (including phenoxy) is 3. The Balaban J connectivity index is 4.42. The summed E-state index contributed by atoms with van der Waals surface area (Å²) >= 11 is 0. The molecule has 0 N–H and O–H groups in total. The molecule has 0 fully saturated rings. The molecule has 0 amide bonds. The molecule has 1 unspecified atom stereocenters. The van der Waals surface area contributed by atoms with Crippen molar-refractivity contribution >= 4 is 11.9 Å². The SMILES string of the molecule is CC/C=C\C/C=C\C/C=C\C/C=C\C/C=C\CCCCCC(=O)OCC(COCCCCCC/C=C\C/C=C\C/C=C\CC)OC(=O)CCCCCCC/C=C\C/C=C\C/C=C\CC. The van der Waals surface area contributed by atoms with Gasteiger partial charge < -0.3 is 14.2 Å². The van der Waals surface area contributed by atoms with E-state index in [4.69, 9.17) is 14.2 Å². The van der Waals surface area contributed by atoms with E-state index in [-0.39, 0.29) is 25.2 Å². The van der Waals surface area contributed by atoms with Gasteiger partial charge in [0.25, 0.3) is 0 Å². The zero-order valence-corrected chi connectivity index (χ0v) is 41.2. The molecule has 0 rings (SSSR count). The Labute approximate surface area is 394 Å². The largest absolute Gasteiger partial charge is 0.462 e. The maximum absolute atomic E-state index is 12.8. The lowest BCUT2D eigenvalue weighted by atomic mass is 10.1. The summed E-state index contributed by atoms with van der Waals surface area (Å²) in [5.74, 6) is -0.478. The fourth-order valence-corrected chi connectivity index (χ4v) is 6.45. The van der Waals surface area contributed by atoms with Crippen molar-refractivity contribution < 1.29 is 23.8 Å². The second kappa shape index (κ2) is 53.4. The van der Waals surface area contributed by atoms with Gasteiger partial charge in [0, 0.05) is 19.4 Å². The third-order valence-corrected chi connectivity index (χ3v) is 10.2. The van der Waals surface area contributed by atoms with Gasteiger partial charge in [0.1, 0.15) is 6.61 Å². The van der Waals surface area contributed by atoms with Crippen LogP contribution in [-0.4, -0.2) is 37.9 Å². The van der Waals surface area contributed by atoms with Crippen LogP contribution in [0.15, 0.2) is 134 Å². The molecule has 0 bridgehead atoms. The molecule has 5 heteroatoms. The summed E-state index contributed by atoms with van der Waals surface area (Å²) in [7, 11) is 0. The first-order valence-electron chi connectivity index (χ1n) is 25.7. The van der Waals surface area contributed by atoms with Gasteiger partial charge in [-0.05, 0) is 128 Å². The van der Waals surface area contributed by atoms with E-state index in [0.717, 1.165) is 148 Å². The quantitative estimate of drug-likeness (QED) is 0.0346. The minimum Gasteiger partial charge on any atom is -0.462 e. The standard InChI is InChI=1S/C59H94O5/c1-4-7-10-13-16-19-22-25-28-29-30-31-33-34-37-40-43-46-49-52-58(60)63-56-57(55-62-54-51-48-45-42-39-36-27-24-21-18-15-12-9-6-3)64-59(61)53-50-47-44-41-38-35-32-26-23-20-17-14-11-8-5-2/h7-12,16-21,25-28,30-32,34,36-37,57H,4-6,13-15,22-24,29,33,35,38-56H2,1-3H3/b10-7-,11-8-,12-9-,19-16-,20-17-,21-18-,28-25-,31-30-,32-26-,36-27-,37-34-. The second-order valence-corrected chi connectivity index (χ2v) is 16.3. The molecular weight excluding hydrogens is 789 g/mol. The lowest BCUT2D eigenvalue weighted by Gasteiger charge is -2.18. The average molecular weight is 883 g/mol. The Morgan fingerprint density at radius 2 is 0.656 bits per heavy atom. The Morgan fingerprint density at radius 3 is 1.06 bits per heavy atom. The van der Waals surface area contributed by atoms with E-state index >= 15 is 0 Å². The van der Waals surface area contributed by atoms with Gasteiger partial charge in [-0.25, -0.2) is 0 Å². The number of rotatable bonds is 45. The maximum atomic E-state index is 12.8. The van der Waals surface area contributed by atoms with Crippen LogP contribution < -0.4 is 0 Å². The molecule has 0 saturated carbocycles. The van der Waals surface area contributed by atoms with Crippen LogP contribution in [0, 0.1) is 0 Å². The van der Waals surface area contributed by atoms with Gasteiger partial charge in [0.05, 0.1) is 6.61 Å². The van der Waals surface area contributed by atoms with Crippen LogP contribution in [0.25, 0.3) is 0 Å². The van der Waals surface area contributed by atoms with Gasteiger partial charge >= 0.3 is 11.9 Å². The molecular formula is C59H94O5. The number of allylic oxidation sites excluding steroid dienone is 22. The third-order valence-electron chi connectivity index (χ3n) is 10.2. The number of esters is 2. The molecule has 64 heavy (non-hydrogen) atoms. The molecule has 0 aromatic carbocycles. The third kappa shape index (κ3) is 50.7. The van der Waals surface area contributed by atoms with Crippen molar-refractivity contribution in [3.63, 3.8) is 0 Å². The number of hydrogen-bond acceptors (Lipinski definition) is 5. The topological polar surface area (TPSA) is 61.8 Å². The van der Waals surface area contributed by atoms with Crippen molar-refractivity contribution in [2.45, 2.75) is 207 Å². The molecule has 0 aromatic rings. The van der Waals surface area contributed by atoms with E-state index in [0.29, 0.717) is 19.4 Å². The Morgan fingerprint density at radius 1 is 0.344 bits per heavy atom. The minimum atomic E-state index is -0.580. The summed E-state index contributed by atoms with van der Waals surface area (Å²) in [4.78, 5) is 25.4. The number of unbranched alkanes of at least 4 members (excludes halogenated alkanes) is 12. The first kappa shape index (κ1) is 60.0. The van der Waals surface area contributed by atoms with Crippen LogP contribution in [0.2, 0.25) is 0 Å². The van der Waals surface area contributed by atoms with Gasteiger partial charge in [-0.15, -0.1) is 0 Å². The van der Waals surface area contributed by atoms with E-state index in [1.807, 2.05) is 0 Å². The molecule has 0 aromatic heterocycles. The van der Waals surface area contributed by atoms with Crippen molar-refractivity contribution in [3.05, 3.63) is 134 Å². The van der Waals surface area contributed by atoms with Crippen molar-refractivity contribution in [2.24, 2.45) is 0 Å². The molecule has 0 saturated heterocycles. The van der Waals surface area contributed by atoms with E-state index < -0.39 is 6.10 Å². The summed E-state index contributed by atoms with van der Waals surface area (Å²) in [6.07, 6.45) is 76.0. The first-order valence-corrected chi connectivity index (χ1v) is 25.7. The smallest absolute Gasteiger partial charge is 0.306 e. The Hall–Kier alpha value is -3.96. The van der Waals surface area contributed by atoms with Crippen LogP contribution in [0.3, 0.4) is 0 Å². The van der Waals surface area contributed by atoms with E-state index in [2.05, 4.69) is 154 Å². The van der Waals surface area contributed by atoms with Gasteiger partial charge in [0.2, 0.25) is 0 Å². The maximum Gasteiger partial charge on any atom is 0.306 e. The summed E-state index contributed by atoms with van der Waals surface area (Å²) in [6.45, 7) is 7.36.